The number of carbonyl (C=O) groups excluding carboxylic acids is 1. The minimum absolute atomic E-state index is 0. The Hall–Kier alpha value is -3.67. The Bertz CT molecular complexity index is 2220. The van der Waals surface area contributed by atoms with Crippen LogP contribution in [0.15, 0.2) is 109 Å². The van der Waals surface area contributed by atoms with Crippen LogP contribution >= 0.6 is 11.3 Å². The standard InChI is InChI=1S/C36H34NSSi.C13H24O2.Ir/c1-24-30-20-21-37-33(27-22-26-12-10-11-15-31(26)32(23-27)36(2,3)4)35(30)38-34(24)25-16-18-29(19-17-25)39(5,6)28-13-8-7-9-14-28;1-5-10(6-2)12(14)9-13(15)11(7-3)8-4;/h7-21,23H,1-6H3;9-11,14H,5-8H2,1-4H3;/q-1;;/b;12-9-;. The van der Waals surface area contributed by atoms with Gasteiger partial charge in [-0.2, -0.15) is 0 Å². The van der Waals surface area contributed by atoms with Crippen LogP contribution in [0.2, 0.25) is 13.1 Å². The Balaban J connectivity index is 0.000000360. The number of allylic oxidation sites excluding steroid dienone is 2. The van der Waals surface area contributed by atoms with Gasteiger partial charge in [0.25, 0.3) is 0 Å². The summed E-state index contributed by atoms with van der Waals surface area (Å²) in [6.07, 6.45) is 6.86. The Morgan fingerprint density at radius 2 is 1.40 bits per heavy atom. The molecule has 2 aromatic heterocycles. The molecule has 1 N–H and O–H groups in total. The zero-order chi connectivity index (χ0) is 39.2. The Labute approximate surface area is 348 Å². The van der Waals surface area contributed by atoms with Crippen LogP contribution in [0.1, 0.15) is 85.3 Å². The summed E-state index contributed by atoms with van der Waals surface area (Å²) in [5.41, 5.74) is 6.05. The third-order valence-electron chi connectivity index (χ3n) is 11.1. The number of hydrogen-bond donors (Lipinski definition) is 1. The molecule has 0 bridgehead atoms. The van der Waals surface area contributed by atoms with Gasteiger partial charge in [0.1, 0.15) is 8.07 Å². The Morgan fingerprint density at radius 3 is 2.00 bits per heavy atom. The molecule has 6 heteroatoms. The van der Waals surface area contributed by atoms with E-state index in [1.54, 1.807) is 0 Å². The molecule has 0 saturated heterocycles. The summed E-state index contributed by atoms with van der Waals surface area (Å²) in [5, 5.41) is 16.4. The van der Waals surface area contributed by atoms with Gasteiger partial charge in [-0.25, -0.2) is 0 Å². The molecule has 2 heterocycles. The van der Waals surface area contributed by atoms with Crippen LogP contribution in [-0.4, -0.2) is 23.9 Å². The van der Waals surface area contributed by atoms with Crippen molar-refractivity contribution < 1.29 is 30.0 Å². The van der Waals surface area contributed by atoms with E-state index in [-0.39, 0.29) is 48.9 Å². The second-order valence-corrected chi connectivity index (χ2v) is 21.5. The number of fused-ring (bicyclic) bond motifs is 2. The van der Waals surface area contributed by atoms with Crippen LogP contribution in [0.3, 0.4) is 0 Å². The molecule has 55 heavy (non-hydrogen) atoms. The summed E-state index contributed by atoms with van der Waals surface area (Å²) in [7, 11) is -1.73. The number of thiophene rings is 1. The normalized spacial score (nSPS) is 12.2. The molecule has 0 aliphatic rings. The summed E-state index contributed by atoms with van der Waals surface area (Å²) in [6, 6.07) is 37.1. The largest absolute Gasteiger partial charge is 0.512 e. The molecular weight excluding hydrogens is 887 g/mol. The first-order valence-electron chi connectivity index (χ1n) is 19.7. The first-order valence-corrected chi connectivity index (χ1v) is 23.5. The number of ketones is 1. The SMILES string of the molecule is CCC(CC)C(=O)/C=C(\O)C(CC)CC.Cc1c(-c2ccc([Si](C)(C)c3ccccc3)cc2)sc2c(-c3[c-]c4ccccc4c(C(C)(C)C)c3)nccc12.[Ir]. The second-order valence-electron chi connectivity index (χ2n) is 16.1. The van der Waals surface area contributed by atoms with Crippen LogP contribution in [-0.2, 0) is 30.3 Å². The fraction of sp³-hybridized carbons (Fsp3) is 0.347. The molecule has 0 aliphatic heterocycles. The van der Waals surface area contributed by atoms with Gasteiger partial charge in [-0.3, -0.25) is 9.78 Å². The van der Waals surface area contributed by atoms with Crippen LogP contribution in [0.5, 0.6) is 0 Å². The molecule has 6 aromatic rings. The number of aliphatic hydroxyl groups excluding tert-OH is 1. The van der Waals surface area contributed by atoms with E-state index in [2.05, 4.69) is 138 Å². The summed E-state index contributed by atoms with van der Waals surface area (Å²) < 4.78 is 1.24. The van der Waals surface area contributed by atoms with Gasteiger partial charge in [-0.05, 0) is 60.6 Å². The monoisotopic (exact) mass is 945 g/mol. The predicted octanol–water partition coefficient (Wildman–Crippen LogP) is 12.9. The molecule has 0 unspecified atom stereocenters. The van der Waals surface area contributed by atoms with Gasteiger partial charge >= 0.3 is 0 Å². The van der Waals surface area contributed by atoms with Crippen LogP contribution in [0.25, 0.3) is 42.6 Å². The van der Waals surface area contributed by atoms with E-state index < -0.39 is 8.07 Å². The maximum atomic E-state index is 11.7. The van der Waals surface area contributed by atoms with Gasteiger partial charge in [0.2, 0.25) is 0 Å². The maximum absolute atomic E-state index is 11.7. The summed E-state index contributed by atoms with van der Waals surface area (Å²) >= 11 is 1.86. The van der Waals surface area contributed by atoms with Crippen molar-refractivity contribution in [3.05, 3.63) is 126 Å². The van der Waals surface area contributed by atoms with E-state index in [0.717, 1.165) is 42.3 Å². The summed E-state index contributed by atoms with van der Waals surface area (Å²) in [4.78, 5) is 18.0. The zero-order valence-corrected chi connectivity index (χ0v) is 38.6. The minimum Gasteiger partial charge on any atom is -0.512 e. The third kappa shape index (κ3) is 9.83. The molecular formula is C49H58IrNO2SSi-. The van der Waals surface area contributed by atoms with Crippen molar-refractivity contribution in [3.63, 3.8) is 0 Å². The van der Waals surface area contributed by atoms with Crippen molar-refractivity contribution in [2.75, 3.05) is 0 Å². The molecule has 6 rings (SSSR count). The molecule has 291 valence electrons. The number of aliphatic hydroxyl groups is 1. The molecule has 0 saturated carbocycles. The molecule has 0 amide bonds. The van der Waals surface area contributed by atoms with E-state index in [4.69, 9.17) is 4.98 Å². The fourth-order valence-corrected chi connectivity index (χ4v) is 11.1. The van der Waals surface area contributed by atoms with Crippen LogP contribution < -0.4 is 10.4 Å². The molecule has 0 atom stereocenters. The van der Waals surface area contributed by atoms with E-state index in [0.29, 0.717) is 0 Å². The molecule has 3 nitrogen and oxygen atoms in total. The molecule has 0 aliphatic carbocycles. The second kappa shape index (κ2) is 19.0. The minimum atomic E-state index is -1.73. The zero-order valence-electron chi connectivity index (χ0n) is 34.3. The average molecular weight is 945 g/mol. The fourth-order valence-electron chi connectivity index (χ4n) is 7.43. The van der Waals surface area contributed by atoms with E-state index in [9.17, 15) is 9.90 Å². The summed E-state index contributed by atoms with van der Waals surface area (Å²) in [6.45, 7) is 22.0. The molecule has 4 aromatic carbocycles. The van der Waals surface area contributed by atoms with Crippen molar-refractivity contribution in [2.24, 2.45) is 11.8 Å². The quantitative estimate of drug-likeness (QED) is 0.0609. The first-order chi connectivity index (χ1) is 25.7. The molecule has 0 spiro atoms. The third-order valence-corrected chi connectivity index (χ3v) is 16.1. The van der Waals surface area contributed by atoms with Gasteiger partial charge in [-0.15, -0.1) is 40.5 Å². The topological polar surface area (TPSA) is 50.2 Å². The number of nitrogens with zero attached hydrogens (tertiary/aromatic N) is 1. The van der Waals surface area contributed by atoms with Crippen molar-refractivity contribution in [1.29, 1.82) is 0 Å². The van der Waals surface area contributed by atoms with Gasteiger partial charge in [0.15, 0.2) is 5.78 Å². The summed E-state index contributed by atoms with van der Waals surface area (Å²) in [5.74, 6) is 0.547. The molecule has 1 radical (unpaired) electrons. The van der Waals surface area contributed by atoms with Crippen LogP contribution in [0.4, 0.5) is 0 Å². The van der Waals surface area contributed by atoms with Gasteiger partial charge in [0, 0.05) is 59.5 Å². The van der Waals surface area contributed by atoms with Crippen molar-refractivity contribution in [1.82, 2.24) is 4.98 Å². The van der Waals surface area contributed by atoms with Crippen LogP contribution in [0, 0.1) is 24.8 Å². The van der Waals surface area contributed by atoms with Crippen molar-refractivity contribution in [3.8, 4) is 21.7 Å². The van der Waals surface area contributed by atoms with Gasteiger partial charge < -0.3 is 5.11 Å². The number of carbonyl (C=O) groups is 1. The number of aryl methyl sites for hydroxylation is 1. The molecule has 0 fully saturated rings. The van der Waals surface area contributed by atoms with E-state index >= 15 is 0 Å². The van der Waals surface area contributed by atoms with E-state index in [1.807, 2.05) is 45.2 Å². The number of aromatic nitrogens is 1. The van der Waals surface area contributed by atoms with Gasteiger partial charge in [-0.1, -0.05) is 156 Å². The number of rotatable bonds is 11. The Morgan fingerprint density at radius 1 is 0.818 bits per heavy atom. The first kappa shape index (κ1) is 44.0. The van der Waals surface area contributed by atoms with Crippen molar-refractivity contribution in [2.45, 2.75) is 99.6 Å². The Kier molecular flexibility index (Phi) is 15.2. The smallest absolute Gasteiger partial charge is 0.162 e. The average Bonchev–Trinajstić information content (AvgIpc) is 3.51. The van der Waals surface area contributed by atoms with Crippen molar-refractivity contribution >= 4 is 56.4 Å². The number of hydrogen-bond acceptors (Lipinski definition) is 4. The number of pyridine rings is 1. The predicted molar refractivity (Wildman–Crippen MR) is 237 cm³/mol. The number of benzene rings is 4. The van der Waals surface area contributed by atoms with E-state index in [1.165, 1.54) is 53.5 Å². The van der Waals surface area contributed by atoms with Gasteiger partial charge in [0.05, 0.1) is 5.76 Å². The maximum Gasteiger partial charge on any atom is 0.162 e.